The number of rotatable bonds is 6. The predicted molar refractivity (Wildman–Crippen MR) is 102 cm³/mol. The van der Waals surface area contributed by atoms with E-state index < -0.39 is 0 Å². The average Bonchev–Trinajstić information content (AvgIpc) is 3.32. The fraction of sp³-hybridized carbons (Fsp3) is 0.211. The number of aryl methyl sites for hydroxylation is 1. The van der Waals surface area contributed by atoms with Crippen LogP contribution in [0.3, 0.4) is 0 Å². The molecule has 0 aliphatic carbocycles. The Morgan fingerprint density at radius 3 is 2.70 bits per heavy atom. The first-order valence-corrected chi connectivity index (χ1v) is 9.28. The first-order chi connectivity index (χ1) is 13.2. The van der Waals surface area contributed by atoms with Crippen LogP contribution in [0.25, 0.3) is 17.1 Å². The molecule has 0 N–H and O–H groups in total. The van der Waals surface area contributed by atoms with Gasteiger partial charge in [0.2, 0.25) is 5.89 Å². The standard InChI is InChI=1S/C19H18N4O3S/c1-12-4-7-17-20-14(10-23(17)9-12)11-27-19-22-21-18(26-19)13-5-6-15(24-2)16(8-13)25-3/h4-10H,11H2,1-3H3. The first-order valence-electron chi connectivity index (χ1n) is 8.29. The first kappa shape index (κ1) is 17.4. The Labute approximate surface area is 160 Å². The Morgan fingerprint density at radius 2 is 1.89 bits per heavy atom. The molecule has 0 unspecified atom stereocenters. The summed E-state index contributed by atoms with van der Waals surface area (Å²) in [5, 5.41) is 8.73. The molecular weight excluding hydrogens is 364 g/mol. The third-order valence-corrected chi connectivity index (χ3v) is 4.88. The lowest BCUT2D eigenvalue weighted by Crippen LogP contribution is -1.90. The van der Waals surface area contributed by atoms with E-state index in [2.05, 4.69) is 28.3 Å². The number of ether oxygens (including phenoxy) is 2. The van der Waals surface area contributed by atoms with Crippen molar-refractivity contribution >= 4 is 17.4 Å². The number of benzene rings is 1. The number of thioether (sulfide) groups is 1. The molecule has 0 amide bonds. The Balaban J connectivity index is 1.49. The van der Waals surface area contributed by atoms with Crippen LogP contribution in [0.15, 0.2) is 52.4 Å². The lowest BCUT2D eigenvalue weighted by atomic mass is 10.2. The van der Waals surface area contributed by atoms with Crippen molar-refractivity contribution in [1.82, 2.24) is 19.6 Å². The zero-order valence-corrected chi connectivity index (χ0v) is 16.0. The van der Waals surface area contributed by atoms with E-state index in [1.165, 1.54) is 17.3 Å². The van der Waals surface area contributed by atoms with Crippen LogP contribution in [-0.2, 0) is 5.75 Å². The van der Waals surface area contributed by atoms with Gasteiger partial charge in [-0.15, -0.1) is 10.2 Å². The fourth-order valence-electron chi connectivity index (χ4n) is 2.71. The van der Waals surface area contributed by atoms with Crippen molar-refractivity contribution in [2.45, 2.75) is 17.9 Å². The van der Waals surface area contributed by atoms with Gasteiger partial charge in [0.05, 0.1) is 19.9 Å². The van der Waals surface area contributed by atoms with Crippen LogP contribution in [-0.4, -0.2) is 33.8 Å². The number of nitrogens with zero attached hydrogens (tertiary/aromatic N) is 4. The van der Waals surface area contributed by atoms with Crippen LogP contribution in [0.2, 0.25) is 0 Å². The molecular formula is C19H18N4O3S. The lowest BCUT2D eigenvalue weighted by Gasteiger charge is -2.07. The number of methoxy groups -OCH3 is 2. The molecule has 0 radical (unpaired) electrons. The Hall–Kier alpha value is -3.00. The SMILES string of the molecule is COc1ccc(-c2nnc(SCc3cn4cc(C)ccc4n3)o2)cc1OC. The maximum atomic E-state index is 5.77. The second-order valence-electron chi connectivity index (χ2n) is 5.94. The summed E-state index contributed by atoms with van der Waals surface area (Å²) in [4.78, 5) is 4.60. The molecule has 0 aliphatic rings. The predicted octanol–water partition coefficient (Wildman–Crippen LogP) is 4.00. The summed E-state index contributed by atoms with van der Waals surface area (Å²) in [5.41, 5.74) is 3.84. The zero-order chi connectivity index (χ0) is 18.8. The quantitative estimate of drug-likeness (QED) is 0.467. The third kappa shape index (κ3) is 3.61. The van der Waals surface area contributed by atoms with Crippen LogP contribution in [0.1, 0.15) is 11.3 Å². The Morgan fingerprint density at radius 1 is 1.04 bits per heavy atom. The van der Waals surface area contributed by atoms with Crippen molar-refractivity contribution in [3.8, 4) is 23.0 Å². The summed E-state index contributed by atoms with van der Waals surface area (Å²) < 4.78 is 18.4. The largest absolute Gasteiger partial charge is 0.493 e. The Kier molecular flexibility index (Phi) is 4.72. The summed E-state index contributed by atoms with van der Waals surface area (Å²) in [5.74, 6) is 2.35. The lowest BCUT2D eigenvalue weighted by molar-refractivity contribution is 0.355. The van der Waals surface area contributed by atoms with Crippen molar-refractivity contribution < 1.29 is 13.9 Å². The molecule has 8 heteroatoms. The van der Waals surface area contributed by atoms with E-state index in [1.807, 2.05) is 40.9 Å². The van der Waals surface area contributed by atoms with E-state index in [-0.39, 0.29) is 0 Å². The van der Waals surface area contributed by atoms with E-state index in [0.717, 1.165) is 16.9 Å². The minimum absolute atomic E-state index is 0.434. The second-order valence-corrected chi connectivity index (χ2v) is 6.86. The molecule has 0 atom stereocenters. The summed E-state index contributed by atoms with van der Waals surface area (Å²) in [6, 6.07) is 9.53. The molecule has 0 saturated heterocycles. The normalized spacial score (nSPS) is 11.1. The minimum Gasteiger partial charge on any atom is -0.493 e. The van der Waals surface area contributed by atoms with Gasteiger partial charge >= 0.3 is 0 Å². The summed E-state index contributed by atoms with van der Waals surface area (Å²) >= 11 is 1.45. The van der Waals surface area contributed by atoms with Crippen LogP contribution in [0.5, 0.6) is 11.5 Å². The van der Waals surface area contributed by atoms with Gasteiger partial charge in [0.25, 0.3) is 5.22 Å². The van der Waals surface area contributed by atoms with E-state index in [9.17, 15) is 0 Å². The molecule has 0 fully saturated rings. The molecule has 7 nitrogen and oxygen atoms in total. The average molecular weight is 382 g/mol. The van der Waals surface area contributed by atoms with Crippen molar-refractivity contribution in [2.24, 2.45) is 0 Å². The van der Waals surface area contributed by atoms with Crippen molar-refractivity contribution in [2.75, 3.05) is 14.2 Å². The summed E-state index contributed by atoms with van der Waals surface area (Å²) in [6.45, 7) is 2.06. The van der Waals surface area contributed by atoms with Gasteiger partial charge in [0, 0.05) is 23.7 Å². The number of pyridine rings is 1. The van der Waals surface area contributed by atoms with Gasteiger partial charge in [-0.2, -0.15) is 0 Å². The highest BCUT2D eigenvalue weighted by Gasteiger charge is 2.13. The van der Waals surface area contributed by atoms with Gasteiger partial charge in [-0.3, -0.25) is 0 Å². The summed E-state index contributed by atoms with van der Waals surface area (Å²) in [7, 11) is 3.19. The van der Waals surface area contributed by atoms with Crippen molar-refractivity contribution in [1.29, 1.82) is 0 Å². The van der Waals surface area contributed by atoms with Gasteiger partial charge < -0.3 is 18.3 Å². The number of aromatic nitrogens is 4. The zero-order valence-electron chi connectivity index (χ0n) is 15.2. The molecule has 4 aromatic rings. The van der Waals surface area contributed by atoms with Crippen LogP contribution >= 0.6 is 11.8 Å². The minimum atomic E-state index is 0.434. The highest BCUT2D eigenvalue weighted by atomic mass is 32.2. The molecule has 1 aromatic carbocycles. The van der Waals surface area contributed by atoms with Crippen LogP contribution in [0, 0.1) is 6.92 Å². The van der Waals surface area contributed by atoms with Gasteiger partial charge in [0.1, 0.15) is 5.65 Å². The molecule has 0 saturated carbocycles. The molecule has 0 aliphatic heterocycles. The fourth-order valence-corrected chi connectivity index (χ4v) is 3.36. The highest BCUT2D eigenvalue weighted by Crippen LogP contribution is 2.33. The van der Waals surface area contributed by atoms with Gasteiger partial charge in [-0.25, -0.2) is 4.98 Å². The third-order valence-electron chi connectivity index (χ3n) is 4.03. The van der Waals surface area contributed by atoms with Gasteiger partial charge in [-0.1, -0.05) is 17.8 Å². The van der Waals surface area contributed by atoms with Crippen molar-refractivity contribution in [3.05, 3.63) is 54.0 Å². The maximum Gasteiger partial charge on any atom is 0.277 e. The molecule has 0 bridgehead atoms. The monoisotopic (exact) mass is 382 g/mol. The number of imidazole rings is 1. The molecule has 27 heavy (non-hydrogen) atoms. The number of hydrogen-bond donors (Lipinski definition) is 0. The van der Waals surface area contributed by atoms with Crippen LogP contribution in [0.4, 0.5) is 0 Å². The molecule has 3 aromatic heterocycles. The van der Waals surface area contributed by atoms with E-state index in [4.69, 9.17) is 13.9 Å². The van der Waals surface area contributed by atoms with Crippen LogP contribution < -0.4 is 9.47 Å². The number of fused-ring (bicyclic) bond motifs is 1. The summed E-state index contributed by atoms with van der Waals surface area (Å²) in [6.07, 6.45) is 4.07. The molecule has 4 rings (SSSR count). The molecule has 0 spiro atoms. The highest BCUT2D eigenvalue weighted by molar-refractivity contribution is 7.98. The van der Waals surface area contributed by atoms with Gasteiger partial charge in [0.15, 0.2) is 11.5 Å². The van der Waals surface area contributed by atoms with E-state index >= 15 is 0 Å². The van der Waals surface area contributed by atoms with E-state index in [1.54, 1.807) is 14.2 Å². The van der Waals surface area contributed by atoms with Gasteiger partial charge in [-0.05, 0) is 36.8 Å². The van der Waals surface area contributed by atoms with E-state index in [0.29, 0.717) is 28.4 Å². The second kappa shape index (κ2) is 7.32. The van der Waals surface area contributed by atoms with Crippen molar-refractivity contribution in [3.63, 3.8) is 0 Å². The smallest absolute Gasteiger partial charge is 0.277 e. The molecule has 3 heterocycles. The topological polar surface area (TPSA) is 74.7 Å². The maximum absolute atomic E-state index is 5.77. The number of hydrogen-bond acceptors (Lipinski definition) is 7. The molecule has 138 valence electrons. The Bertz CT molecular complexity index is 1090.